The molecule has 5 heteroatoms. The van der Waals surface area contributed by atoms with E-state index in [9.17, 15) is 12.8 Å². The van der Waals surface area contributed by atoms with Gasteiger partial charge in [0.05, 0.1) is 4.90 Å². The topological polar surface area (TPSA) is 46.2 Å². The van der Waals surface area contributed by atoms with Crippen molar-refractivity contribution >= 4 is 10.0 Å². The first kappa shape index (κ1) is 11.1. The maximum Gasteiger partial charge on any atom is 0.240 e. The van der Waals surface area contributed by atoms with E-state index in [4.69, 9.17) is 0 Å². The molecule has 0 unspecified atom stereocenters. The molecule has 0 amide bonds. The molecule has 1 N–H and O–H groups in total. The predicted octanol–water partition coefficient (Wildman–Crippen LogP) is 1.43. The molecular weight excluding hydrogens is 205 g/mol. The minimum Gasteiger partial charge on any atom is -0.211 e. The number of benzene rings is 1. The van der Waals surface area contributed by atoms with E-state index in [1.165, 1.54) is 12.1 Å². The molecule has 0 heterocycles. The first-order valence-electron chi connectivity index (χ1n) is 4.22. The highest BCUT2D eigenvalue weighted by molar-refractivity contribution is 7.89. The third kappa shape index (κ3) is 2.52. The summed E-state index contributed by atoms with van der Waals surface area (Å²) in [5.74, 6) is -0.540. The zero-order valence-corrected chi connectivity index (χ0v) is 8.86. The molecule has 1 aromatic rings. The zero-order chi connectivity index (χ0) is 10.8. The van der Waals surface area contributed by atoms with Crippen molar-refractivity contribution in [3.63, 3.8) is 0 Å². The number of hydrogen-bond donors (Lipinski definition) is 1. The van der Waals surface area contributed by atoms with Crippen LogP contribution in [0.5, 0.6) is 0 Å². The average Bonchev–Trinajstić information content (AvgIpc) is 2.02. The van der Waals surface area contributed by atoms with Crippen LogP contribution in [0.4, 0.5) is 4.39 Å². The fraction of sp³-hybridized carbons (Fsp3) is 0.333. The first-order valence-corrected chi connectivity index (χ1v) is 5.71. The van der Waals surface area contributed by atoms with Crippen LogP contribution in [0.25, 0.3) is 0 Å². The second kappa shape index (κ2) is 4.06. The summed E-state index contributed by atoms with van der Waals surface area (Å²) in [6.45, 7) is 3.61. The Bertz CT molecular complexity index is 408. The van der Waals surface area contributed by atoms with Crippen LogP contribution in [0.3, 0.4) is 0 Å². The molecule has 0 spiro atoms. The van der Waals surface area contributed by atoms with Gasteiger partial charge >= 0.3 is 0 Å². The highest BCUT2D eigenvalue weighted by Gasteiger charge is 2.13. The summed E-state index contributed by atoms with van der Waals surface area (Å²) in [4.78, 5) is -0.0307. The Morgan fingerprint density at radius 3 is 2.50 bits per heavy atom. The zero-order valence-electron chi connectivity index (χ0n) is 8.04. The van der Waals surface area contributed by atoms with Crippen LogP contribution in [0.2, 0.25) is 0 Å². The molecule has 1 aromatic carbocycles. The van der Waals surface area contributed by atoms with E-state index in [0.717, 1.165) is 6.07 Å². The molecule has 0 aromatic heterocycles. The molecule has 3 nitrogen and oxygen atoms in total. The Labute approximate surface area is 83.0 Å². The van der Waals surface area contributed by atoms with Crippen LogP contribution < -0.4 is 4.72 Å². The molecule has 0 atom stereocenters. The number of hydrogen-bond acceptors (Lipinski definition) is 2. The fourth-order valence-electron chi connectivity index (χ4n) is 1.13. The van der Waals surface area contributed by atoms with Crippen LogP contribution in [-0.2, 0) is 10.0 Å². The minimum absolute atomic E-state index is 0.0307. The lowest BCUT2D eigenvalue weighted by atomic mass is 10.2. The average molecular weight is 217 g/mol. The van der Waals surface area contributed by atoms with E-state index in [1.807, 2.05) is 0 Å². The molecule has 0 fully saturated rings. The Morgan fingerprint density at radius 1 is 1.36 bits per heavy atom. The largest absolute Gasteiger partial charge is 0.240 e. The van der Waals surface area contributed by atoms with Crippen LogP contribution >= 0.6 is 0 Å². The van der Waals surface area contributed by atoms with Crippen LogP contribution in [0, 0.1) is 12.7 Å². The van der Waals surface area contributed by atoms with Crippen LogP contribution in [0.1, 0.15) is 12.5 Å². The molecule has 0 bridgehead atoms. The number of rotatable bonds is 3. The van der Waals surface area contributed by atoms with Gasteiger partial charge in [0.15, 0.2) is 0 Å². The normalized spacial score (nSPS) is 11.6. The van der Waals surface area contributed by atoms with Gasteiger partial charge in [0, 0.05) is 6.54 Å². The second-order valence-corrected chi connectivity index (χ2v) is 4.73. The van der Waals surface area contributed by atoms with E-state index in [-0.39, 0.29) is 11.4 Å². The van der Waals surface area contributed by atoms with Crippen molar-refractivity contribution in [1.82, 2.24) is 4.72 Å². The van der Waals surface area contributed by atoms with Gasteiger partial charge in [-0.05, 0) is 30.7 Å². The molecule has 14 heavy (non-hydrogen) atoms. The van der Waals surface area contributed by atoms with Crippen molar-refractivity contribution in [3.8, 4) is 0 Å². The Hall–Kier alpha value is -0.940. The molecule has 0 radical (unpaired) electrons. The number of aryl methyl sites for hydroxylation is 1. The van der Waals surface area contributed by atoms with E-state index >= 15 is 0 Å². The lowest BCUT2D eigenvalue weighted by molar-refractivity contribution is 0.579. The first-order chi connectivity index (χ1) is 6.45. The molecule has 0 saturated heterocycles. The molecule has 0 aliphatic rings. The van der Waals surface area contributed by atoms with Gasteiger partial charge in [-0.15, -0.1) is 0 Å². The van der Waals surface area contributed by atoms with Gasteiger partial charge in [0.1, 0.15) is 5.82 Å². The van der Waals surface area contributed by atoms with Crippen molar-refractivity contribution in [1.29, 1.82) is 0 Å². The van der Waals surface area contributed by atoms with Gasteiger partial charge in [-0.2, -0.15) is 0 Å². The minimum atomic E-state index is -3.55. The lowest BCUT2D eigenvalue weighted by Gasteiger charge is -2.05. The SMILES string of the molecule is CCNS(=O)(=O)c1cc(C)cc(F)c1. The highest BCUT2D eigenvalue weighted by Crippen LogP contribution is 2.13. The number of nitrogens with one attached hydrogen (secondary N) is 1. The van der Waals surface area contributed by atoms with E-state index in [1.54, 1.807) is 13.8 Å². The number of halogens is 1. The predicted molar refractivity (Wildman–Crippen MR) is 52.0 cm³/mol. The Balaban J connectivity index is 3.19. The monoisotopic (exact) mass is 217 g/mol. The third-order valence-corrected chi connectivity index (χ3v) is 3.19. The molecule has 0 aliphatic heterocycles. The molecule has 1 rings (SSSR count). The smallest absolute Gasteiger partial charge is 0.211 e. The van der Waals surface area contributed by atoms with Crippen LogP contribution in [0.15, 0.2) is 23.1 Å². The molecule has 78 valence electrons. The summed E-state index contributed by atoms with van der Waals surface area (Å²) >= 11 is 0. The maximum atomic E-state index is 12.9. The number of sulfonamides is 1. The quantitative estimate of drug-likeness (QED) is 0.832. The van der Waals surface area contributed by atoms with Crippen LogP contribution in [-0.4, -0.2) is 15.0 Å². The van der Waals surface area contributed by atoms with Gasteiger partial charge < -0.3 is 0 Å². The Kier molecular flexibility index (Phi) is 3.23. The van der Waals surface area contributed by atoms with Crippen molar-refractivity contribution < 1.29 is 12.8 Å². The molecular formula is C9H12FNO2S. The second-order valence-electron chi connectivity index (χ2n) is 2.97. The third-order valence-electron chi connectivity index (χ3n) is 1.66. The highest BCUT2D eigenvalue weighted by atomic mass is 32.2. The standard InChI is InChI=1S/C9H12FNO2S/c1-3-11-14(12,13)9-5-7(2)4-8(10)6-9/h4-6,11H,3H2,1-2H3. The maximum absolute atomic E-state index is 12.9. The van der Waals surface area contributed by atoms with E-state index in [0.29, 0.717) is 5.56 Å². The summed E-state index contributed by atoms with van der Waals surface area (Å²) in [5.41, 5.74) is 0.585. The fourth-order valence-corrected chi connectivity index (χ4v) is 2.29. The molecule has 0 saturated carbocycles. The van der Waals surface area contributed by atoms with Gasteiger partial charge in [-0.1, -0.05) is 6.92 Å². The summed E-state index contributed by atoms with van der Waals surface area (Å²) in [6, 6.07) is 3.72. The van der Waals surface area contributed by atoms with E-state index in [2.05, 4.69) is 4.72 Å². The van der Waals surface area contributed by atoms with Gasteiger partial charge in [0.25, 0.3) is 0 Å². The van der Waals surface area contributed by atoms with Crippen molar-refractivity contribution in [3.05, 3.63) is 29.6 Å². The van der Waals surface area contributed by atoms with Crippen molar-refractivity contribution in [2.24, 2.45) is 0 Å². The van der Waals surface area contributed by atoms with Crippen molar-refractivity contribution in [2.75, 3.05) is 6.54 Å². The summed E-state index contributed by atoms with van der Waals surface area (Å²) in [5, 5.41) is 0. The lowest BCUT2D eigenvalue weighted by Crippen LogP contribution is -2.23. The van der Waals surface area contributed by atoms with E-state index < -0.39 is 15.8 Å². The van der Waals surface area contributed by atoms with Gasteiger partial charge in [-0.25, -0.2) is 17.5 Å². The molecule has 0 aliphatic carbocycles. The summed E-state index contributed by atoms with van der Waals surface area (Å²) in [7, 11) is -3.55. The Morgan fingerprint density at radius 2 is 2.00 bits per heavy atom. The van der Waals surface area contributed by atoms with Gasteiger partial charge in [-0.3, -0.25) is 0 Å². The van der Waals surface area contributed by atoms with Crippen molar-refractivity contribution in [2.45, 2.75) is 18.7 Å². The summed E-state index contributed by atoms with van der Waals surface area (Å²) in [6.07, 6.45) is 0. The van der Waals surface area contributed by atoms with Gasteiger partial charge in [0.2, 0.25) is 10.0 Å². The summed E-state index contributed by atoms with van der Waals surface area (Å²) < 4.78 is 38.1.